The maximum Gasteiger partial charge on any atom is 0.325 e. The number of carbonyl (C=O) groups excluding carboxylic acids is 6. The number of ether oxygens (including phenoxy) is 2. The minimum absolute atomic E-state index is 0.0101. The number of nitrogens with zero attached hydrogens (tertiary/aromatic N) is 1. The van der Waals surface area contributed by atoms with Gasteiger partial charge in [-0.1, -0.05) is 33.6 Å². The zero-order valence-corrected chi connectivity index (χ0v) is 29.4. The van der Waals surface area contributed by atoms with Crippen LogP contribution in [0, 0.1) is 17.3 Å². The van der Waals surface area contributed by atoms with E-state index < -0.39 is 52.8 Å². The maximum atomic E-state index is 13.7. The number of esters is 2. The number of rotatable bonds is 18. The second kappa shape index (κ2) is 17.5. The summed E-state index contributed by atoms with van der Waals surface area (Å²) in [6, 6.07) is -2.51. The molecule has 0 aromatic rings. The van der Waals surface area contributed by atoms with Crippen LogP contribution in [0.3, 0.4) is 0 Å². The van der Waals surface area contributed by atoms with Crippen molar-refractivity contribution in [2.24, 2.45) is 17.3 Å². The van der Waals surface area contributed by atoms with Crippen molar-refractivity contribution in [3.8, 4) is 0 Å². The Morgan fingerprint density at radius 1 is 0.872 bits per heavy atom. The summed E-state index contributed by atoms with van der Waals surface area (Å²) in [6.07, 6.45) is 5.98. The molecule has 3 fully saturated rings. The molecule has 3 unspecified atom stereocenters. The van der Waals surface area contributed by atoms with Crippen molar-refractivity contribution in [2.75, 3.05) is 32.8 Å². The lowest BCUT2D eigenvalue weighted by Gasteiger charge is -2.35. The van der Waals surface area contributed by atoms with Crippen LogP contribution in [0.4, 0.5) is 4.79 Å². The monoisotopic (exact) mass is 683 g/mol. The first-order chi connectivity index (χ1) is 22.0. The lowest BCUT2D eigenvalue weighted by molar-refractivity contribution is -0.154. The number of hydrogen-bond acceptors (Lipinski definition) is 11. The van der Waals surface area contributed by atoms with E-state index in [4.69, 9.17) is 13.7 Å². The number of amides is 4. The highest BCUT2D eigenvalue weighted by Crippen LogP contribution is 2.34. The zero-order chi connectivity index (χ0) is 34.8. The molecule has 2 saturated carbocycles. The molecule has 4 N–H and O–H groups in total. The van der Waals surface area contributed by atoms with E-state index in [1.807, 2.05) is 20.8 Å². The number of hydrogen-bond donors (Lipinski definition) is 4. The highest BCUT2D eigenvalue weighted by molar-refractivity contribution is 7.92. The van der Waals surface area contributed by atoms with Crippen molar-refractivity contribution in [3.63, 3.8) is 0 Å². The van der Waals surface area contributed by atoms with Crippen LogP contribution in [-0.2, 0) is 37.6 Å². The minimum atomic E-state index is -0.856. The van der Waals surface area contributed by atoms with Gasteiger partial charge >= 0.3 is 18.0 Å². The predicted molar refractivity (Wildman–Crippen MR) is 174 cm³/mol. The van der Waals surface area contributed by atoms with Gasteiger partial charge in [-0.05, 0) is 70.1 Å². The quantitative estimate of drug-likeness (QED) is 0.0548. The first kappa shape index (κ1) is 38.5. The molecule has 0 spiro atoms. The normalized spacial score (nSPS) is 19.4. The van der Waals surface area contributed by atoms with Crippen LogP contribution in [0.15, 0.2) is 0 Å². The third-order valence-electron chi connectivity index (χ3n) is 7.97. The summed E-state index contributed by atoms with van der Waals surface area (Å²) in [7, 11) is 0. The fraction of sp³-hybridized carbons (Fsp3) is 0.812. The SMILES string of the molecule is CC(C)(C)OC(=O)CCNC(=O)C(=O)C(CC1CC1)NSOCC1CCCN1C(=O)C(NC(=O)NCC(=O)OCC1CC1)C(C)(C)C. The first-order valence-electron chi connectivity index (χ1n) is 16.6. The van der Waals surface area contributed by atoms with E-state index >= 15 is 0 Å². The molecular weight excluding hydrogens is 630 g/mol. The second-order valence-electron chi connectivity index (χ2n) is 14.8. The van der Waals surface area contributed by atoms with Gasteiger partial charge < -0.3 is 30.3 Å². The second-order valence-corrected chi connectivity index (χ2v) is 15.4. The molecule has 0 radical (unpaired) electrons. The van der Waals surface area contributed by atoms with Crippen molar-refractivity contribution in [2.45, 2.75) is 117 Å². The number of likely N-dealkylation sites (tertiary alicyclic amines) is 1. The standard InChI is InChI=1S/C32H53N5O9S/c1-31(2,3)27(35-30(43)34-17-25(39)44-18-21-11-12-21)29(42)37-15-7-8-22(37)19-45-47-36-23(16-20-9-10-20)26(40)28(41)33-14-13-24(38)46-32(4,5)6/h20-23,27,36H,7-19H2,1-6H3,(H,33,41)(H2,34,35,43). The van der Waals surface area contributed by atoms with Crippen molar-refractivity contribution in [1.82, 2.24) is 25.6 Å². The first-order valence-corrected chi connectivity index (χ1v) is 17.4. The van der Waals surface area contributed by atoms with E-state index in [-0.39, 0.29) is 38.1 Å². The van der Waals surface area contributed by atoms with E-state index in [0.717, 1.165) is 44.3 Å². The van der Waals surface area contributed by atoms with Crippen LogP contribution >= 0.6 is 12.2 Å². The van der Waals surface area contributed by atoms with Crippen LogP contribution in [0.5, 0.6) is 0 Å². The van der Waals surface area contributed by atoms with Crippen molar-refractivity contribution in [3.05, 3.63) is 0 Å². The lowest BCUT2D eigenvalue weighted by Crippen LogP contribution is -2.58. The van der Waals surface area contributed by atoms with Crippen LogP contribution in [-0.4, -0.2) is 97.0 Å². The maximum absolute atomic E-state index is 13.7. The number of urea groups is 1. The molecule has 0 bridgehead atoms. The summed E-state index contributed by atoms with van der Waals surface area (Å²) in [5.41, 5.74) is -1.25. The molecule has 1 heterocycles. The molecule has 266 valence electrons. The fourth-order valence-electron chi connectivity index (χ4n) is 5.01. The Balaban J connectivity index is 1.45. The Labute approximate surface area is 282 Å². The summed E-state index contributed by atoms with van der Waals surface area (Å²) in [4.78, 5) is 77.4. The third kappa shape index (κ3) is 14.4. The molecule has 14 nitrogen and oxygen atoms in total. The Kier molecular flexibility index (Phi) is 14.3. The van der Waals surface area contributed by atoms with Gasteiger partial charge in [0.2, 0.25) is 11.7 Å². The van der Waals surface area contributed by atoms with Gasteiger partial charge in [0.1, 0.15) is 18.2 Å². The van der Waals surface area contributed by atoms with Gasteiger partial charge in [0.15, 0.2) is 0 Å². The van der Waals surface area contributed by atoms with Crippen molar-refractivity contribution < 1.29 is 42.4 Å². The third-order valence-corrected chi connectivity index (χ3v) is 8.60. The summed E-state index contributed by atoms with van der Waals surface area (Å²) in [5.74, 6) is -1.88. The Bertz CT molecular complexity index is 1130. The summed E-state index contributed by atoms with van der Waals surface area (Å²) >= 11 is 0.869. The van der Waals surface area contributed by atoms with Crippen LogP contribution in [0.1, 0.15) is 92.9 Å². The number of ketones is 1. The van der Waals surface area contributed by atoms with Gasteiger partial charge in [-0.15, -0.1) is 0 Å². The van der Waals surface area contributed by atoms with Crippen LogP contribution < -0.4 is 20.7 Å². The molecule has 1 aliphatic heterocycles. The van der Waals surface area contributed by atoms with Crippen molar-refractivity contribution in [1.29, 1.82) is 0 Å². The average molecular weight is 684 g/mol. The topological polar surface area (TPSA) is 181 Å². The van der Waals surface area contributed by atoms with E-state index in [2.05, 4.69) is 20.7 Å². The predicted octanol–water partition coefficient (Wildman–Crippen LogP) is 2.40. The highest BCUT2D eigenvalue weighted by atomic mass is 32.2. The molecule has 1 saturated heterocycles. The highest BCUT2D eigenvalue weighted by Gasteiger charge is 2.40. The van der Waals surface area contributed by atoms with E-state index in [0.29, 0.717) is 37.8 Å². The minimum Gasteiger partial charge on any atom is -0.464 e. The molecule has 4 amide bonds. The van der Waals surface area contributed by atoms with Gasteiger partial charge in [-0.25, -0.2) is 9.52 Å². The molecule has 0 aromatic heterocycles. The molecule has 3 aliphatic rings. The summed E-state index contributed by atoms with van der Waals surface area (Å²) < 4.78 is 19.1. The smallest absolute Gasteiger partial charge is 0.325 e. The van der Waals surface area contributed by atoms with Crippen LogP contribution in [0.25, 0.3) is 0 Å². The molecule has 15 heteroatoms. The molecule has 3 rings (SSSR count). The van der Waals surface area contributed by atoms with E-state index in [9.17, 15) is 28.8 Å². The number of Topliss-reactive ketones (excluding diaryl/α,β-unsaturated/α-hetero) is 1. The van der Waals surface area contributed by atoms with E-state index in [1.54, 1.807) is 25.7 Å². The average Bonchev–Trinajstić information content (AvgIpc) is 3.92. The molecule has 2 aliphatic carbocycles. The summed E-state index contributed by atoms with van der Waals surface area (Å²) in [5, 5.41) is 7.73. The molecular formula is C32H53N5O9S. The number of nitrogens with one attached hydrogen (secondary N) is 4. The van der Waals surface area contributed by atoms with Gasteiger partial charge in [0.05, 0.1) is 43.9 Å². The van der Waals surface area contributed by atoms with Gasteiger partial charge in [0.25, 0.3) is 5.91 Å². The Hall–Kier alpha value is -2.91. The fourth-order valence-corrected chi connectivity index (χ4v) is 5.62. The summed E-state index contributed by atoms with van der Waals surface area (Å²) in [6.45, 7) is 11.6. The molecule has 3 atom stereocenters. The Morgan fingerprint density at radius 3 is 2.17 bits per heavy atom. The molecule has 0 aromatic carbocycles. The largest absolute Gasteiger partial charge is 0.464 e. The van der Waals surface area contributed by atoms with Crippen molar-refractivity contribution >= 4 is 47.8 Å². The Morgan fingerprint density at radius 2 is 1.55 bits per heavy atom. The number of carbonyl (C=O) groups is 6. The van der Waals surface area contributed by atoms with Crippen LogP contribution in [0.2, 0.25) is 0 Å². The zero-order valence-electron chi connectivity index (χ0n) is 28.6. The van der Waals surface area contributed by atoms with Gasteiger partial charge in [0, 0.05) is 13.1 Å². The van der Waals surface area contributed by atoms with Gasteiger partial charge in [-0.3, -0.25) is 28.2 Å². The van der Waals surface area contributed by atoms with E-state index in [1.165, 1.54) is 0 Å². The lowest BCUT2D eigenvalue weighted by atomic mass is 9.85. The molecule has 47 heavy (non-hydrogen) atoms. The van der Waals surface area contributed by atoms with Gasteiger partial charge in [-0.2, -0.15) is 0 Å².